The van der Waals surface area contributed by atoms with Gasteiger partial charge in [0.15, 0.2) is 0 Å². The first-order valence-electron chi connectivity index (χ1n) is 10.4. The molecule has 0 aliphatic carbocycles. The van der Waals surface area contributed by atoms with Gasteiger partial charge in [0.1, 0.15) is 5.60 Å². The van der Waals surface area contributed by atoms with Crippen molar-refractivity contribution in [2.24, 2.45) is 0 Å². The van der Waals surface area contributed by atoms with E-state index in [-0.39, 0.29) is 5.92 Å². The molecule has 1 saturated heterocycles. The molecule has 0 saturated carbocycles. The lowest BCUT2D eigenvalue weighted by Crippen LogP contribution is -2.44. The van der Waals surface area contributed by atoms with Crippen molar-refractivity contribution in [2.75, 3.05) is 7.11 Å². The quantitative estimate of drug-likeness (QED) is 0.697. The Morgan fingerprint density at radius 1 is 1.13 bits per heavy atom. The molecule has 1 aliphatic rings. The van der Waals surface area contributed by atoms with E-state index in [9.17, 15) is 4.79 Å². The third kappa shape index (κ3) is 3.83. The van der Waals surface area contributed by atoms with Crippen molar-refractivity contribution in [1.82, 2.24) is 9.55 Å². The first-order valence-corrected chi connectivity index (χ1v) is 10.4. The Kier molecular flexibility index (Phi) is 5.48. The van der Waals surface area contributed by atoms with Crippen molar-refractivity contribution in [3.63, 3.8) is 0 Å². The summed E-state index contributed by atoms with van der Waals surface area (Å²) in [4.78, 5) is 18.0. The highest BCUT2D eigenvalue weighted by Gasteiger charge is 2.54. The first-order chi connectivity index (χ1) is 13.7. The maximum absolute atomic E-state index is 13.3. The standard InChI is InChI=1S/C22H33BN2O5/c1-13(2)16-17-14(11-12-15(24-17)27-10)25(19(26)28-20(3,4)5)18(16)23-29-21(6,7)22(8,9)30-23/h11-13H,1-10H3. The van der Waals surface area contributed by atoms with Crippen molar-refractivity contribution in [3.8, 4) is 5.88 Å². The van der Waals surface area contributed by atoms with Crippen LogP contribution < -0.4 is 10.3 Å². The number of ether oxygens (including phenoxy) is 2. The van der Waals surface area contributed by atoms with Crippen molar-refractivity contribution < 1.29 is 23.6 Å². The van der Waals surface area contributed by atoms with E-state index in [1.807, 2.05) is 54.5 Å². The van der Waals surface area contributed by atoms with E-state index in [4.69, 9.17) is 18.8 Å². The maximum Gasteiger partial charge on any atom is 0.513 e. The number of pyridine rings is 1. The average molecular weight is 416 g/mol. The summed E-state index contributed by atoms with van der Waals surface area (Å²) in [5, 5.41) is 0. The highest BCUT2D eigenvalue weighted by Crippen LogP contribution is 2.38. The molecule has 1 fully saturated rings. The molecule has 8 heteroatoms. The van der Waals surface area contributed by atoms with Crippen LogP contribution in [-0.4, -0.2) is 46.7 Å². The summed E-state index contributed by atoms with van der Waals surface area (Å²) < 4.78 is 25.3. The van der Waals surface area contributed by atoms with E-state index in [0.29, 0.717) is 22.5 Å². The summed E-state index contributed by atoms with van der Waals surface area (Å²) in [6.07, 6.45) is -0.490. The van der Waals surface area contributed by atoms with E-state index in [0.717, 1.165) is 5.56 Å². The van der Waals surface area contributed by atoms with Gasteiger partial charge >= 0.3 is 13.2 Å². The Morgan fingerprint density at radius 2 is 1.70 bits per heavy atom. The molecule has 0 N–H and O–H groups in total. The molecule has 0 radical (unpaired) electrons. The van der Waals surface area contributed by atoms with Gasteiger partial charge < -0.3 is 18.8 Å². The maximum atomic E-state index is 13.3. The number of carbonyl (C=O) groups is 1. The molecule has 2 aromatic rings. The molecule has 0 spiro atoms. The van der Waals surface area contributed by atoms with Crippen molar-refractivity contribution in [3.05, 3.63) is 17.7 Å². The van der Waals surface area contributed by atoms with Gasteiger partial charge in [0.25, 0.3) is 0 Å². The van der Waals surface area contributed by atoms with Gasteiger partial charge in [-0.25, -0.2) is 9.78 Å². The summed E-state index contributed by atoms with van der Waals surface area (Å²) in [5.41, 5.74) is 1.07. The van der Waals surface area contributed by atoms with E-state index in [1.165, 1.54) is 0 Å². The number of hydrogen-bond acceptors (Lipinski definition) is 6. The molecule has 0 aromatic carbocycles. The van der Waals surface area contributed by atoms with Crippen LogP contribution in [0.15, 0.2) is 12.1 Å². The van der Waals surface area contributed by atoms with Crippen LogP contribution in [0.2, 0.25) is 0 Å². The number of hydrogen-bond donors (Lipinski definition) is 0. The van der Waals surface area contributed by atoms with Gasteiger partial charge in [0, 0.05) is 6.07 Å². The molecule has 0 amide bonds. The molecule has 3 rings (SSSR count). The lowest BCUT2D eigenvalue weighted by atomic mass is 9.78. The van der Waals surface area contributed by atoms with Gasteiger partial charge in [-0.1, -0.05) is 13.8 Å². The highest BCUT2D eigenvalue weighted by atomic mass is 16.7. The first kappa shape index (κ1) is 22.6. The minimum Gasteiger partial charge on any atom is -0.481 e. The zero-order valence-electron chi connectivity index (χ0n) is 19.7. The lowest BCUT2D eigenvalue weighted by molar-refractivity contribution is 0.00578. The highest BCUT2D eigenvalue weighted by molar-refractivity contribution is 6.63. The zero-order valence-corrected chi connectivity index (χ0v) is 19.7. The summed E-state index contributed by atoms with van der Waals surface area (Å²) in [6.45, 7) is 17.6. The predicted molar refractivity (Wildman–Crippen MR) is 118 cm³/mol. The average Bonchev–Trinajstić information content (AvgIpc) is 3.03. The largest absolute Gasteiger partial charge is 0.513 e. The predicted octanol–water partition coefficient (Wildman–Crippen LogP) is 4.25. The number of rotatable bonds is 3. The number of aromatic nitrogens is 2. The molecule has 1 aliphatic heterocycles. The zero-order chi connectivity index (χ0) is 22.6. The SMILES string of the molecule is COc1ccc2c(n1)c(C(C)C)c(B1OC(C)(C)C(C)(C)O1)n2C(=O)OC(C)(C)C. The van der Waals surface area contributed by atoms with Gasteiger partial charge in [-0.15, -0.1) is 0 Å². The summed E-state index contributed by atoms with van der Waals surface area (Å²) in [6, 6.07) is 3.56. The Morgan fingerprint density at radius 3 is 2.17 bits per heavy atom. The monoisotopic (exact) mass is 416 g/mol. The van der Waals surface area contributed by atoms with Crippen molar-refractivity contribution >= 4 is 29.8 Å². The second-order valence-corrected chi connectivity index (χ2v) is 10.1. The number of methoxy groups -OCH3 is 1. The molecular formula is C22H33BN2O5. The van der Waals surface area contributed by atoms with E-state index < -0.39 is 30.0 Å². The summed E-state index contributed by atoms with van der Waals surface area (Å²) >= 11 is 0. The van der Waals surface area contributed by atoms with Crippen molar-refractivity contribution in [1.29, 1.82) is 0 Å². The fourth-order valence-electron chi connectivity index (χ4n) is 3.56. The van der Waals surface area contributed by atoms with E-state index >= 15 is 0 Å². The van der Waals surface area contributed by atoms with Gasteiger partial charge in [0.2, 0.25) is 5.88 Å². The Bertz CT molecular complexity index is 956. The molecule has 2 aromatic heterocycles. The second-order valence-electron chi connectivity index (χ2n) is 10.1. The van der Waals surface area contributed by atoms with Crippen LogP contribution in [0, 0.1) is 0 Å². The fraction of sp³-hybridized carbons (Fsp3) is 0.636. The number of carbonyl (C=O) groups excluding carboxylic acids is 1. The topological polar surface area (TPSA) is 71.8 Å². The molecular weight excluding hydrogens is 383 g/mol. The fourth-order valence-corrected chi connectivity index (χ4v) is 3.56. The van der Waals surface area contributed by atoms with E-state index in [2.05, 4.69) is 18.8 Å². The van der Waals surface area contributed by atoms with Gasteiger partial charge in [0.05, 0.1) is 34.9 Å². The third-order valence-corrected chi connectivity index (χ3v) is 5.70. The number of fused-ring (bicyclic) bond motifs is 1. The second kappa shape index (κ2) is 7.27. The molecule has 0 bridgehead atoms. The Hall–Kier alpha value is -2.06. The van der Waals surface area contributed by atoms with Crippen LogP contribution in [0.4, 0.5) is 4.79 Å². The van der Waals surface area contributed by atoms with Crippen molar-refractivity contribution in [2.45, 2.75) is 85.0 Å². The van der Waals surface area contributed by atoms with Crippen LogP contribution >= 0.6 is 0 Å². The van der Waals surface area contributed by atoms with Crippen LogP contribution in [-0.2, 0) is 14.0 Å². The normalized spacial score (nSPS) is 18.3. The Balaban J connectivity index is 2.31. The third-order valence-electron chi connectivity index (χ3n) is 5.70. The van der Waals surface area contributed by atoms with Gasteiger partial charge in [-0.3, -0.25) is 4.57 Å². The lowest BCUT2D eigenvalue weighted by Gasteiger charge is -2.32. The summed E-state index contributed by atoms with van der Waals surface area (Å²) in [5.74, 6) is 0.538. The molecule has 30 heavy (non-hydrogen) atoms. The smallest absolute Gasteiger partial charge is 0.481 e. The van der Waals surface area contributed by atoms with Gasteiger partial charge in [-0.2, -0.15) is 0 Å². The van der Waals surface area contributed by atoms with Crippen LogP contribution in [0.25, 0.3) is 11.0 Å². The Labute approximate surface area is 179 Å². The molecule has 164 valence electrons. The minimum absolute atomic E-state index is 0.0600. The summed E-state index contributed by atoms with van der Waals surface area (Å²) in [7, 11) is 0.837. The molecule has 3 heterocycles. The van der Waals surface area contributed by atoms with Crippen LogP contribution in [0.5, 0.6) is 5.88 Å². The van der Waals surface area contributed by atoms with E-state index in [1.54, 1.807) is 17.7 Å². The number of nitrogens with zero attached hydrogens (tertiary/aromatic N) is 2. The molecule has 0 unspecified atom stereocenters. The van der Waals surface area contributed by atoms with Crippen LogP contribution in [0.1, 0.15) is 73.8 Å². The molecule has 7 nitrogen and oxygen atoms in total. The minimum atomic E-state index is -0.736. The van der Waals surface area contributed by atoms with Gasteiger partial charge in [-0.05, 0) is 66.0 Å². The van der Waals surface area contributed by atoms with Crippen LogP contribution in [0.3, 0.4) is 0 Å². The molecule has 0 atom stereocenters.